The molecule has 7 heteroatoms. The van der Waals surface area contributed by atoms with Crippen LogP contribution in [0.1, 0.15) is 5.56 Å². The number of nitro groups is 1. The van der Waals surface area contributed by atoms with Gasteiger partial charge in [0.2, 0.25) is 0 Å². The fraction of sp³-hybridized carbons (Fsp3) is 0. The summed E-state index contributed by atoms with van der Waals surface area (Å²) < 4.78 is 0. The van der Waals surface area contributed by atoms with E-state index in [2.05, 4.69) is 10.5 Å². The van der Waals surface area contributed by atoms with E-state index in [9.17, 15) is 10.1 Å². The average molecular weight is 345 g/mol. The molecule has 0 spiro atoms. The fourth-order valence-electron chi connectivity index (χ4n) is 2.68. The molecule has 3 aromatic carbocycles. The van der Waals surface area contributed by atoms with Gasteiger partial charge in [-0.25, -0.2) is 0 Å². The summed E-state index contributed by atoms with van der Waals surface area (Å²) in [6.45, 7) is 0. The third-order valence-electron chi connectivity index (χ3n) is 3.91. The van der Waals surface area contributed by atoms with Crippen LogP contribution >= 0.6 is 0 Å². The molecule has 1 N–H and O–H groups in total. The van der Waals surface area contributed by atoms with Crippen LogP contribution in [-0.4, -0.2) is 10.8 Å². The highest BCUT2D eigenvalue weighted by Gasteiger charge is 2.26. The first kappa shape index (κ1) is 15.6. The predicted molar refractivity (Wildman–Crippen MR) is 101 cm³/mol. The molecular formula is C19H15N5O2. The van der Waals surface area contributed by atoms with E-state index < -0.39 is 4.92 Å². The van der Waals surface area contributed by atoms with Crippen molar-refractivity contribution in [2.24, 2.45) is 5.10 Å². The molecule has 1 heterocycles. The number of hydrogen-bond donors (Lipinski definition) is 1. The minimum Gasteiger partial charge on any atom is -0.259 e. The topological polar surface area (TPSA) is 74.0 Å². The summed E-state index contributed by atoms with van der Waals surface area (Å²) in [6, 6.07) is 25.8. The van der Waals surface area contributed by atoms with Crippen molar-refractivity contribution in [1.29, 1.82) is 0 Å². The maximum atomic E-state index is 11.1. The van der Waals surface area contributed by atoms with Gasteiger partial charge in [0, 0.05) is 17.7 Å². The molecule has 0 atom stereocenters. The SMILES string of the molecule is O=[N+]([O-])c1cccc(C2=NN(c3ccccc3)N(c3ccccc3)N2)c1. The zero-order valence-corrected chi connectivity index (χ0v) is 13.7. The summed E-state index contributed by atoms with van der Waals surface area (Å²) in [5.41, 5.74) is 5.64. The van der Waals surface area contributed by atoms with Crippen molar-refractivity contribution in [2.45, 2.75) is 0 Å². The Balaban J connectivity index is 1.75. The largest absolute Gasteiger partial charge is 0.270 e. The number of hydrogen-bond acceptors (Lipinski definition) is 6. The number of nitro benzene ring substituents is 1. The lowest BCUT2D eigenvalue weighted by Gasteiger charge is -2.27. The number of nitrogens with one attached hydrogen (secondary N) is 1. The van der Waals surface area contributed by atoms with E-state index in [0.717, 1.165) is 11.4 Å². The van der Waals surface area contributed by atoms with E-state index in [4.69, 9.17) is 0 Å². The molecule has 1 aliphatic rings. The van der Waals surface area contributed by atoms with Gasteiger partial charge in [0.25, 0.3) is 5.69 Å². The van der Waals surface area contributed by atoms with Gasteiger partial charge >= 0.3 is 0 Å². The summed E-state index contributed by atoms with van der Waals surface area (Å²) in [5.74, 6) is 0.529. The van der Waals surface area contributed by atoms with E-state index in [0.29, 0.717) is 11.4 Å². The number of para-hydroxylation sites is 2. The third-order valence-corrected chi connectivity index (χ3v) is 3.91. The molecule has 0 saturated carbocycles. The Kier molecular flexibility index (Phi) is 3.95. The third kappa shape index (κ3) is 2.93. The standard InChI is InChI=1S/C19H15N5O2/c25-24(26)18-13-7-8-15(14-18)19-20-22(16-9-3-1-4-10-16)23(21-19)17-11-5-2-6-12-17/h1-14H,(H,20,21). The van der Waals surface area contributed by atoms with Crippen LogP contribution in [0.4, 0.5) is 17.1 Å². The van der Waals surface area contributed by atoms with Gasteiger partial charge in [0.05, 0.1) is 16.3 Å². The molecule has 0 radical (unpaired) electrons. The van der Waals surface area contributed by atoms with Crippen molar-refractivity contribution in [3.63, 3.8) is 0 Å². The molecule has 26 heavy (non-hydrogen) atoms. The summed E-state index contributed by atoms with van der Waals surface area (Å²) >= 11 is 0. The van der Waals surface area contributed by atoms with Crippen molar-refractivity contribution in [3.05, 3.63) is 101 Å². The molecule has 0 aliphatic carbocycles. The first-order valence-electron chi connectivity index (χ1n) is 8.03. The van der Waals surface area contributed by atoms with Crippen LogP contribution < -0.4 is 15.7 Å². The molecule has 0 aromatic heterocycles. The van der Waals surface area contributed by atoms with Crippen LogP contribution in [0.2, 0.25) is 0 Å². The number of amidine groups is 1. The van der Waals surface area contributed by atoms with Crippen LogP contribution in [0.25, 0.3) is 0 Å². The summed E-state index contributed by atoms with van der Waals surface area (Å²) in [5, 5.41) is 19.2. The molecule has 7 nitrogen and oxygen atoms in total. The Bertz CT molecular complexity index is 960. The Morgan fingerprint density at radius 3 is 2.15 bits per heavy atom. The van der Waals surface area contributed by atoms with Crippen LogP contribution in [0.5, 0.6) is 0 Å². The van der Waals surface area contributed by atoms with Crippen LogP contribution in [0.15, 0.2) is 90.0 Å². The summed E-state index contributed by atoms with van der Waals surface area (Å²) in [4.78, 5) is 10.7. The van der Waals surface area contributed by atoms with E-state index in [1.807, 2.05) is 60.7 Å². The highest BCUT2D eigenvalue weighted by Crippen LogP contribution is 2.26. The van der Waals surface area contributed by atoms with Crippen molar-refractivity contribution >= 4 is 22.9 Å². The summed E-state index contributed by atoms with van der Waals surface area (Å²) in [7, 11) is 0. The highest BCUT2D eigenvalue weighted by atomic mass is 16.6. The van der Waals surface area contributed by atoms with Crippen molar-refractivity contribution < 1.29 is 4.92 Å². The molecule has 0 saturated heterocycles. The molecule has 3 aromatic rings. The molecule has 0 fully saturated rings. The Labute approximate surface area is 149 Å². The van der Waals surface area contributed by atoms with Gasteiger partial charge in [-0.15, -0.1) is 5.10 Å². The van der Waals surface area contributed by atoms with Gasteiger partial charge in [0.1, 0.15) is 0 Å². The smallest absolute Gasteiger partial charge is 0.259 e. The van der Waals surface area contributed by atoms with E-state index in [-0.39, 0.29) is 5.69 Å². The number of non-ortho nitro benzene ring substituents is 1. The average Bonchev–Trinajstić information content (AvgIpc) is 3.15. The zero-order valence-electron chi connectivity index (χ0n) is 13.7. The second kappa shape index (κ2) is 6.56. The number of rotatable bonds is 4. The van der Waals surface area contributed by atoms with Crippen molar-refractivity contribution in [2.75, 3.05) is 10.2 Å². The zero-order chi connectivity index (χ0) is 17.9. The first-order valence-corrected chi connectivity index (χ1v) is 8.03. The second-order valence-electron chi connectivity index (χ2n) is 5.64. The monoisotopic (exact) mass is 345 g/mol. The first-order chi connectivity index (χ1) is 12.7. The van der Waals surface area contributed by atoms with E-state index >= 15 is 0 Å². The lowest BCUT2D eigenvalue weighted by atomic mass is 10.2. The van der Waals surface area contributed by atoms with E-state index in [1.54, 1.807) is 22.4 Å². The van der Waals surface area contributed by atoms with E-state index in [1.165, 1.54) is 12.1 Å². The molecule has 1 aliphatic heterocycles. The quantitative estimate of drug-likeness (QED) is 0.576. The normalized spacial score (nSPS) is 13.3. The van der Waals surface area contributed by atoms with Gasteiger partial charge in [0.15, 0.2) is 5.84 Å². The van der Waals surface area contributed by atoms with Gasteiger partial charge in [-0.1, -0.05) is 48.5 Å². The molecule has 4 rings (SSSR count). The number of hydrazone groups is 1. The number of benzene rings is 3. The second-order valence-corrected chi connectivity index (χ2v) is 5.64. The lowest BCUT2D eigenvalue weighted by molar-refractivity contribution is -0.384. The Morgan fingerprint density at radius 1 is 0.846 bits per heavy atom. The Morgan fingerprint density at radius 2 is 1.50 bits per heavy atom. The van der Waals surface area contributed by atoms with Gasteiger partial charge < -0.3 is 0 Å². The minimum absolute atomic E-state index is 0.0245. The molecule has 0 bridgehead atoms. The minimum atomic E-state index is -0.414. The lowest BCUT2D eigenvalue weighted by Crippen LogP contribution is -2.44. The molecule has 128 valence electrons. The van der Waals surface area contributed by atoms with Crippen LogP contribution in [0.3, 0.4) is 0 Å². The molecule has 0 amide bonds. The van der Waals surface area contributed by atoms with Gasteiger partial charge in [-0.2, -0.15) is 10.2 Å². The highest BCUT2D eigenvalue weighted by molar-refractivity contribution is 6.02. The maximum Gasteiger partial charge on any atom is 0.270 e. The predicted octanol–water partition coefficient (Wildman–Crippen LogP) is 3.70. The maximum absolute atomic E-state index is 11.1. The Hall–Kier alpha value is -3.87. The molecule has 0 unspecified atom stereocenters. The molecular weight excluding hydrogens is 330 g/mol. The van der Waals surface area contributed by atoms with Gasteiger partial charge in [-0.3, -0.25) is 15.5 Å². The van der Waals surface area contributed by atoms with Gasteiger partial charge in [-0.05, 0) is 24.3 Å². The van der Waals surface area contributed by atoms with Crippen LogP contribution in [-0.2, 0) is 0 Å². The van der Waals surface area contributed by atoms with Crippen molar-refractivity contribution in [3.8, 4) is 0 Å². The summed E-state index contributed by atoms with van der Waals surface area (Å²) in [6.07, 6.45) is 0. The number of hydrazine groups is 2. The number of anilines is 2. The fourth-order valence-corrected chi connectivity index (χ4v) is 2.68. The van der Waals surface area contributed by atoms with Crippen LogP contribution in [0, 0.1) is 10.1 Å². The van der Waals surface area contributed by atoms with Crippen molar-refractivity contribution in [1.82, 2.24) is 5.43 Å². The number of nitrogens with zero attached hydrogens (tertiary/aromatic N) is 4.